The van der Waals surface area contributed by atoms with Crippen LogP contribution in [0, 0.1) is 0 Å². The summed E-state index contributed by atoms with van der Waals surface area (Å²) in [7, 11) is 0. The number of pyridine rings is 1. The molecule has 0 aliphatic rings. The van der Waals surface area contributed by atoms with Crippen LogP contribution >= 0.6 is 0 Å². The van der Waals surface area contributed by atoms with E-state index in [-0.39, 0.29) is 5.76 Å². The minimum absolute atomic E-state index is 0.185. The Labute approximate surface area is 83.4 Å². The number of aromatic nitrogens is 1. The van der Waals surface area contributed by atoms with Crippen LogP contribution in [0.3, 0.4) is 0 Å². The Kier molecular flexibility index (Phi) is 2.22. The molecule has 78 valence electrons. The first kappa shape index (κ1) is 9.76. The van der Waals surface area contributed by atoms with Crippen LogP contribution in [-0.4, -0.2) is 4.98 Å². The maximum atomic E-state index is 12.2. The molecular formula is C10H6F3NO. The van der Waals surface area contributed by atoms with E-state index in [0.29, 0.717) is 5.56 Å². The van der Waals surface area contributed by atoms with Gasteiger partial charge in [0.2, 0.25) is 5.76 Å². The molecule has 15 heavy (non-hydrogen) atoms. The molecule has 0 aliphatic heterocycles. The van der Waals surface area contributed by atoms with Gasteiger partial charge in [-0.25, -0.2) is 0 Å². The Bertz CT molecular complexity index is 447. The van der Waals surface area contributed by atoms with E-state index in [1.165, 1.54) is 18.5 Å². The number of hydrogen-bond donors (Lipinski definition) is 0. The van der Waals surface area contributed by atoms with Gasteiger partial charge in [0.05, 0.1) is 0 Å². The van der Waals surface area contributed by atoms with Crippen molar-refractivity contribution in [3.8, 4) is 11.3 Å². The second kappa shape index (κ2) is 3.42. The molecule has 0 saturated carbocycles. The topological polar surface area (TPSA) is 26.0 Å². The van der Waals surface area contributed by atoms with Crippen LogP contribution in [0.2, 0.25) is 0 Å². The summed E-state index contributed by atoms with van der Waals surface area (Å²) in [6, 6.07) is 5.37. The van der Waals surface area contributed by atoms with Gasteiger partial charge in [0, 0.05) is 18.0 Å². The quantitative estimate of drug-likeness (QED) is 0.725. The van der Waals surface area contributed by atoms with Gasteiger partial charge in [0.1, 0.15) is 5.76 Å². The van der Waals surface area contributed by atoms with Gasteiger partial charge in [-0.2, -0.15) is 13.2 Å². The molecule has 0 unspecified atom stereocenters. The van der Waals surface area contributed by atoms with Gasteiger partial charge in [-0.15, -0.1) is 0 Å². The van der Waals surface area contributed by atoms with Gasteiger partial charge in [0.15, 0.2) is 0 Å². The van der Waals surface area contributed by atoms with E-state index in [9.17, 15) is 13.2 Å². The molecule has 2 aromatic rings. The molecule has 0 N–H and O–H groups in total. The monoisotopic (exact) mass is 213 g/mol. The predicted molar refractivity (Wildman–Crippen MR) is 46.9 cm³/mol. The normalized spacial score (nSPS) is 11.7. The van der Waals surface area contributed by atoms with Crippen molar-refractivity contribution in [2.75, 3.05) is 0 Å². The summed E-state index contributed by atoms with van der Waals surface area (Å²) in [5.41, 5.74) is 0.570. The highest BCUT2D eigenvalue weighted by Crippen LogP contribution is 2.33. The first-order valence-electron chi connectivity index (χ1n) is 4.15. The fraction of sp³-hybridized carbons (Fsp3) is 0.100. The van der Waals surface area contributed by atoms with Crippen molar-refractivity contribution in [1.29, 1.82) is 0 Å². The second-order valence-electron chi connectivity index (χ2n) is 2.90. The third kappa shape index (κ3) is 2.01. The first-order chi connectivity index (χ1) is 7.07. The minimum atomic E-state index is -4.44. The molecular weight excluding hydrogens is 207 g/mol. The van der Waals surface area contributed by atoms with E-state index in [1.54, 1.807) is 12.1 Å². The lowest BCUT2D eigenvalue weighted by Crippen LogP contribution is -2.01. The van der Waals surface area contributed by atoms with E-state index in [1.807, 2.05) is 0 Å². The average Bonchev–Trinajstić information content (AvgIpc) is 2.67. The summed E-state index contributed by atoms with van der Waals surface area (Å²) in [6.45, 7) is 0. The summed E-state index contributed by atoms with van der Waals surface area (Å²) in [5, 5.41) is 0. The molecule has 5 heteroatoms. The highest BCUT2D eigenvalue weighted by molar-refractivity contribution is 5.56. The van der Waals surface area contributed by atoms with Gasteiger partial charge >= 0.3 is 6.18 Å². The Morgan fingerprint density at radius 2 is 1.67 bits per heavy atom. The van der Waals surface area contributed by atoms with Crippen LogP contribution in [0.1, 0.15) is 5.76 Å². The average molecular weight is 213 g/mol. The summed E-state index contributed by atoms with van der Waals surface area (Å²) in [4.78, 5) is 3.76. The highest BCUT2D eigenvalue weighted by atomic mass is 19.4. The minimum Gasteiger partial charge on any atom is -0.452 e. The van der Waals surface area contributed by atoms with Crippen LogP contribution in [-0.2, 0) is 6.18 Å². The maximum Gasteiger partial charge on any atom is 0.449 e. The smallest absolute Gasteiger partial charge is 0.449 e. The Hall–Kier alpha value is -1.78. The van der Waals surface area contributed by atoms with Crippen LogP contribution < -0.4 is 0 Å². The van der Waals surface area contributed by atoms with E-state index < -0.39 is 11.9 Å². The molecule has 0 spiro atoms. The van der Waals surface area contributed by atoms with Crippen LogP contribution in [0.15, 0.2) is 41.1 Å². The number of halogens is 3. The van der Waals surface area contributed by atoms with Crippen molar-refractivity contribution < 1.29 is 17.6 Å². The third-order valence-electron chi connectivity index (χ3n) is 1.85. The van der Waals surface area contributed by atoms with Crippen molar-refractivity contribution in [2.24, 2.45) is 0 Å². The van der Waals surface area contributed by atoms with Crippen molar-refractivity contribution in [2.45, 2.75) is 6.18 Å². The molecule has 0 fully saturated rings. The fourth-order valence-corrected chi connectivity index (χ4v) is 1.16. The molecule has 0 amide bonds. The maximum absolute atomic E-state index is 12.2. The lowest BCUT2D eigenvalue weighted by atomic mass is 10.2. The lowest BCUT2D eigenvalue weighted by molar-refractivity contribution is -0.152. The number of alkyl halides is 3. The van der Waals surface area contributed by atoms with Crippen molar-refractivity contribution in [1.82, 2.24) is 4.98 Å². The Morgan fingerprint density at radius 1 is 1.00 bits per heavy atom. The van der Waals surface area contributed by atoms with E-state index in [4.69, 9.17) is 0 Å². The number of rotatable bonds is 1. The van der Waals surface area contributed by atoms with Crippen molar-refractivity contribution in [3.05, 3.63) is 42.4 Å². The largest absolute Gasteiger partial charge is 0.452 e. The number of nitrogens with zero attached hydrogens (tertiary/aromatic N) is 1. The summed E-state index contributed by atoms with van der Waals surface area (Å²) in [6.07, 6.45) is -1.46. The van der Waals surface area contributed by atoms with Gasteiger partial charge < -0.3 is 4.42 Å². The zero-order valence-electron chi connectivity index (χ0n) is 7.45. The molecule has 2 aromatic heterocycles. The van der Waals surface area contributed by atoms with Crippen molar-refractivity contribution in [3.63, 3.8) is 0 Å². The molecule has 0 bridgehead atoms. The number of hydrogen-bond acceptors (Lipinski definition) is 2. The van der Waals surface area contributed by atoms with E-state index in [2.05, 4.69) is 9.40 Å². The lowest BCUT2D eigenvalue weighted by Gasteiger charge is -2.00. The molecule has 0 aromatic carbocycles. The third-order valence-corrected chi connectivity index (χ3v) is 1.85. The first-order valence-corrected chi connectivity index (χ1v) is 4.15. The summed E-state index contributed by atoms with van der Waals surface area (Å²) < 4.78 is 41.3. The molecule has 2 nitrogen and oxygen atoms in total. The number of furan rings is 1. The van der Waals surface area contributed by atoms with Crippen LogP contribution in [0.25, 0.3) is 11.3 Å². The SMILES string of the molecule is FC(F)(F)c1ccc(-c2ccncc2)o1. The fourth-order valence-electron chi connectivity index (χ4n) is 1.16. The predicted octanol–water partition coefficient (Wildman–Crippen LogP) is 3.36. The Morgan fingerprint density at radius 3 is 2.20 bits per heavy atom. The van der Waals surface area contributed by atoms with Gasteiger partial charge in [0.25, 0.3) is 0 Å². The van der Waals surface area contributed by atoms with Crippen LogP contribution in [0.5, 0.6) is 0 Å². The highest BCUT2D eigenvalue weighted by Gasteiger charge is 2.34. The van der Waals surface area contributed by atoms with E-state index >= 15 is 0 Å². The molecule has 0 radical (unpaired) electrons. The molecule has 0 saturated heterocycles. The van der Waals surface area contributed by atoms with Crippen molar-refractivity contribution >= 4 is 0 Å². The zero-order chi connectivity index (χ0) is 10.9. The zero-order valence-corrected chi connectivity index (χ0v) is 7.45. The second-order valence-corrected chi connectivity index (χ2v) is 2.90. The van der Waals surface area contributed by atoms with Crippen LogP contribution in [0.4, 0.5) is 13.2 Å². The summed E-state index contributed by atoms with van der Waals surface area (Å²) in [5.74, 6) is -0.806. The molecule has 0 aliphatic carbocycles. The molecule has 0 atom stereocenters. The summed E-state index contributed by atoms with van der Waals surface area (Å²) >= 11 is 0. The standard InChI is InChI=1S/C10H6F3NO/c11-10(12,13)9-2-1-8(15-9)7-3-5-14-6-4-7/h1-6H. The van der Waals surface area contributed by atoms with Gasteiger partial charge in [-0.05, 0) is 24.3 Å². The van der Waals surface area contributed by atoms with E-state index in [0.717, 1.165) is 6.07 Å². The van der Waals surface area contributed by atoms with Gasteiger partial charge in [-0.3, -0.25) is 4.98 Å². The Balaban J connectivity index is 2.37. The van der Waals surface area contributed by atoms with Gasteiger partial charge in [-0.1, -0.05) is 0 Å². The molecule has 2 rings (SSSR count). The molecule has 2 heterocycles.